The fourth-order valence-corrected chi connectivity index (χ4v) is 5.24. The molecule has 0 saturated carbocycles. The van der Waals surface area contributed by atoms with Crippen LogP contribution in [-0.4, -0.2) is 130 Å². The van der Waals surface area contributed by atoms with Crippen molar-refractivity contribution in [2.75, 3.05) is 65.7 Å². The largest absolute Gasteiger partial charge is 0.445 e. The molecule has 7 amide bonds. The van der Waals surface area contributed by atoms with Gasteiger partial charge in [-0.3, -0.25) is 14.4 Å². The van der Waals surface area contributed by atoms with Gasteiger partial charge in [0.1, 0.15) is 23.4 Å². The van der Waals surface area contributed by atoms with Crippen molar-refractivity contribution in [3.8, 4) is 0 Å². The first kappa shape index (κ1) is 56.6. The van der Waals surface area contributed by atoms with E-state index in [1.54, 1.807) is 74.4 Å². The maximum atomic E-state index is 13.3. The quantitative estimate of drug-likeness (QED) is 0.0457. The van der Waals surface area contributed by atoms with Crippen molar-refractivity contribution in [1.29, 1.82) is 0 Å². The summed E-state index contributed by atoms with van der Waals surface area (Å²) >= 11 is 0. The molecular formula is C44H75N7O13. The lowest BCUT2D eigenvalue weighted by molar-refractivity contribution is -0.122. The van der Waals surface area contributed by atoms with Crippen molar-refractivity contribution < 1.29 is 62.0 Å². The third kappa shape index (κ3) is 32.3. The fraction of sp³-hybridized carbons (Fsp3) is 0.705. The van der Waals surface area contributed by atoms with Crippen LogP contribution in [0.3, 0.4) is 0 Å². The zero-order valence-electron chi connectivity index (χ0n) is 39.4. The minimum Gasteiger partial charge on any atom is -0.445 e. The molecule has 0 spiro atoms. The monoisotopic (exact) mass is 910 g/mol. The summed E-state index contributed by atoms with van der Waals surface area (Å²) in [5.74, 6) is -0.954. The molecule has 364 valence electrons. The van der Waals surface area contributed by atoms with Crippen LogP contribution in [0.15, 0.2) is 30.3 Å². The lowest BCUT2D eigenvalue weighted by atomic mass is 9.94. The molecule has 1 aromatic carbocycles. The highest BCUT2D eigenvalue weighted by atomic mass is 16.6. The van der Waals surface area contributed by atoms with Crippen LogP contribution in [0.1, 0.15) is 113 Å². The first-order valence-corrected chi connectivity index (χ1v) is 21.8. The number of rotatable bonds is 28. The second-order valence-corrected chi connectivity index (χ2v) is 18.0. The first-order chi connectivity index (χ1) is 30.0. The second-order valence-electron chi connectivity index (χ2n) is 18.0. The van der Waals surface area contributed by atoms with Crippen LogP contribution in [0.25, 0.3) is 0 Å². The molecule has 0 atom stereocenters. The van der Waals surface area contributed by atoms with Crippen molar-refractivity contribution >= 4 is 42.1 Å². The smallest absolute Gasteiger partial charge is 0.408 e. The lowest BCUT2D eigenvalue weighted by Gasteiger charge is -2.34. The summed E-state index contributed by atoms with van der Waals surface area (Å²) in [6.07, 6.45) is -1.23. The van der Waals surface area contributed by atoms with E-state index in [9.17, 15) is 33.6 Å². The van der Waals surface area contributed by atoms with Gasteiger partial charge in [0.05, 0.1) is 32.0 Å². The Morgan fingerprint density at radius 3 is 1.20 bits per heavy atom. The van der Waals surface area contributed by atoms with Crippen LogP contribution in [0.2, 0.25) is 0 Å². The molecule has 20 nitrogen and oxygen atoms in total. The first-order valence-electron chi connectivity index (χ1n) is 21.8. The molecule has 0 aliphatic rings. The summed E-state index contributed by atoms with van der Waals surface area (Å²) in [7, 11) is 0. The number of nitrogens with one attached hydrogen (secondary N) is 7. The van der Waals surface area contributed by atoms with Crippen LogP contribution in [0, 0.1) is 0 Å². The van der Waals surface area contributed by atoms with Gasteiger partial charge in [-0.15, -0.1) is 0 Å². The third-order valence-electron chi connectivity index (χ3n) is 8.15. The molecule has 1 aromatic rings. The molecule has 64 heavy (non-hydrogen) atoms. The number of ether oxygens (including phenoxy) is 6. The summed E-state index contributed by atoms with van der Waals surface area (Å²) in [6, 6.07) is 9.04. The lowest BCUT2D eigenvalue weighted by Crippen LogP contribution is -2.56. The zero-order valence-corrected chi connectivity index (χ0v) is 39.4. The highest BCUT2D eigenvalue weighted by Crippen LogP contribution is 2.18. The topological polar surface area (TPSA) is 259 Å². The predicted octanol–water partition coefficient (Wildman–Crippen LogP) is 4.34. The van der Waals surface area contributed by atoms with E-state index < -0.39 is 46.7 Å². The van der Waals surface area contributed by atoms with Gasteiger partial charge in [0.15, 0.2) is 0 Å². The van der Waals surface area contributed by atoms with Gasteiger partial charge in [0.25, 0.3) is 0 Å². The molecule has 0 heterocycles. The van der Waals surface area contributed by atoms with Gasteiger partial charge in [0, 0.05) is 58.5 Å². The maximum Gasteiger partial charge on any atom is 0.408 e. The van der Waals surface area contributed by atoms with Gasteiger partial charge >= 0.3 is 24.4 Å². The number of carbonyl (C=O) groups is 7. The van der Waals surface area contributed by atoms with Gasteiger partial charge in [-0.2, -0.15) is 0 Å². The van der Waals surface area contributed by atoms with Crippen molar-refractivity contribution in [2.24, 2.45) is 0 Å². The SMILES string of the molecule is CC(C)(C)OC(=O)NCCCNC(=O)CCOCC(CCC(=O)NCCCNC(=O)OC(C)(C)C)(COCCC(=O)NCCCNC(=O)OC(C)(C)C)NC(=O)OCc1ccccc1. The van der Waals surface area contributed by atoms with Crippen LogP contribution >= 0.6 is 0 Å². The molecule has 0 bridgehead atoms. The number of hydrogen-bond donors (Lipinski definition) is 7. The Bertz CT molecular complexity index is 1520. The number of benzene rings is 1. The number of amides is 7. The highest BCUT2D eigenvalue weighted by molar-refractivity contribution is 5.77. The molecular weight excluding hydrogens is 835 g/mol. The number of hydrogen-bond acceptors (Lipinski definition) is 13. The second kappa shape index (κ2) is 29.9. The summed E-state index contributed by atoms with van der Waals surface area (Å²) in [5.41, 5.74) is -2.51. The minimum atomic E-state index is -1.35. The van der Waals surface area contributed by atoms with Gasteiger partial charge < -0.3 is 65.6 Å². The average molecular weight is 910 g/mol. The molecule has 0 aromatic heterocycles. The Labute approximate surface area is 378 Å². The Hall–Kier alpha value is -5.37. The number of alkyl carbamates (subject to hydrolysis) is 4. The van der Waals surface area contributed by atoms with Gasteiger partial charge in [0.2, 0.25) is 17.7 Å². The maximum absolute atomic E-state index is 13.3. The van der Waals surface area contributed by atoms with E-state index in [0.717, 1.165) is 5.56 Å². The zero-order chi connectivity index (χ0) is 48.1. The van der Waals surface area contributed by atoms with Crippen molar-refractivity contribution in [3.63, 3.8) is 0 Å². The van der Waals surface area contributed by atoms with E-state index in [-0.39, 0.29) is 89.5 Å². The Morgan fingerprint density at radius 1 is 0.469 bits per heavy atom. The van der Waals surface area contributed by atoms with E-state index >= 15 is 0 Å². The molecule has 7 N–H and O–H groups in total. The predicted molar refractivity (Wildman–Crippen MR) is 238 cm³/mol. The molecule has 0 radical (unpaired) electrons. The molecule has 0 saturated heterocycles. The van der Waals surface area contributed by atoms with E-state index in [1.807, 2.05) is 18.2 Å². The van der Waals surface area contributed by atoms with E-state index in [0.29, 0.717) is 45.4 Å². The Kier molecular flexibility index (Phi) is 26.5. The summed E-state index contributed by atoms with van der Waals surface area (Å²) in [4.78, 5) is 87.3. The average Bonchev–Trinajstić information content (AvgIpc) is 3.17. The number of carbonyl (C=O) groups excluding carboxylic acids is 7. The summed E-state index contributed by atoms with van der Waals surface area (Å²) in [5, 5.41) is 19.1. The van der Waals surface area contributed by atoms with Gasteiger partial charge in [-0.05, 0) is 93.6 Å². The van der Waals surface area contributed by atoms with E-state index in [4.69, 9.17) is 28.4 Å². The van der Waals surface area contributed by atoms with Crippen LogP contribution in [0.5, 0.6) is 0 Å². The highest BCUT2D eigenvalue weighted by Gasteiger charge is 2.35. The Balaban J connectivity index is 2.93. The standard InChI is InChI=1S/C44H75N7O13/c1-41(2,3)62-37(55)48-25-13-22-45-34(52)18-21-44(51-40(58)61-30-33-16-11-10-12-17-33,31-59-28-19-35(53)46-23-14-26-49-38(56)63-42(4,5)6)32-60-29-20-36(54)47-24-15-27-50-39(57)64-43(7,8)9/h10-12,16-17H,13-15,18-32H2,1-9H3,(H,45,52)(H,46,53)(H,47,54)(H,48,55)(H,49,56)(H,50,57)(H,51,58). The normalized spacial score (nSPS) is 11.6. The van der Waals surface area contributed by atoms with Gasteiger partial charge in [-0.1, -0.05) is 30.3 Å². The van der Waals surface area contributed by atoms with Crippen molar-refractivity contribution in [1.82, 2.24) is 37.2 Å². The van der Waals surface area contributed by atoms with E-state index in [2.05, 4.69) is 37.2 Å². The molecule has 0 aliphatic carbocycles. The van der Waals surface area contributed by atoms with Gasteiger partial charge in [-0.25, -0.2) is 19.2 Å². The third-order valence-corrected chi connectivity index (χ3v) is 8.15. The van der Waals surface area contributed by atoms with E-state index in [1.165, 1.54) is 0 Å². The summed E-state index contributed by atoms with van der Waals surface area (Å²) < 4.78 is 33.1. The molecule has 0 aliphatic heterocycles. The minimum absolute atomic E-state index is 0.0170. The van der Waals surface area contributed by atoms with Crippen molar-refractivity contribution in [3.05, 3.63) is 35.9 Å². The summed E-state index contributed by atoms with van der Waals surface area (Å²) in [6.45, 7) is 17.0. The Morgan fingerprint density at radius 2 is 0.828 bits per heavy atom. The molecule has 1 rings (SSSR count). The molecule has 0 unspecified atom stereocenters. The van der Waals surface area contributed by atoms with Crippen LogP contribution in [0.4, 0.5) is 19.2 Å². The molecule has 20 heteroatoms. The molecule has 0 fully saturated rings. The fourth-order valence-electron chi connectivity index (χ4n) is 5.24. The van der Waals surface area contributed by atoms with Crippen molar-refractivity contribution in [2.45, 2.75) is 136 Å². The van der Waals surface area contributed by atoms with Crippen LogP contribution in [-0.2, 0) is 49.4 Å². The van der Waals surface area contributed by atoms with Crippen LogP contribution < -0.4 is 37.2 Å².